The van der Waals surface area contributed by atoms with Crippen LogP contribution in [0.15, 0.2) is 30.3 Å². The maximum Gasteiger partial charge on any atom is 0.321 e. The summed E-state index contributed by atoms with van der Waals surface area (Å²) in [5, 5.41) is 21.2. The number of carboxylic acid groups (broad SMARTS) is 2. The molecule has 1 saturated heterocycles. The lowest BCUT2D eigenvalue weighted by molar-refractivity contribution is -0.151. The van der Waals surface area contributed by atoms with Gasteiger partial charge < -0.3 is 15.5 Å². The van der Waals surface area contributed by atoms with Crippen LogP contribution in [-0.4, -0.2) is 34.7 Å². The summed E-state index contributed by atoms with van der Waals surface area (Å²) < 4.78 is 0. The summed E-state index contributed by atoms with van der Waals surface area (Å²) in [5.74, 6) is -2.80. The molecule has 5 nitrogen and oxygen atoms in total. The summed E-state index contributed by atoms with van der Waals surface area (Å²) in [6.45, 7) is 0.540. The first-order valence-electron chi connectivity index (χ1n) is 6.81. The van der Waals surface area contributed by atoms with E-state index in [-0.39, 0.29) is 5.92 Å². The van der Waals surface area contributed by atoms with Gasteiger partial charge in [0.25, 0.3) is 0 Å². The molecule has 0 aromatic heterocycles. The Morgan fingerprint density at radius 1 is 1.15 bits per heavy atom. The monoisotopic (exact) mass is 277 g/mol. The molecule has 0 amide bonds. The van der Waals surface area contributed by atoms with Crippen molar-refractivity contribution >= 4 is 11.9 Å². The van der Waals surface area contributed by atoms with E-state index in [1.165, 1.54) is 0 Å². The molecule has 2 rings (SSSR count). The maximum atomic E-state index is 11.3. The van der Waals surface area contributed by atoms with Gasteiger partial charge in [-0.1, -0.05) is 30.3 Å². The van der Waals surface area contributed by atoms with Gasteiger partial charge in [0.15, 0.2) is 0 Å². The molecule has 1 heterocycles. The van der Waals surface area contributed by atoms with Crippen LogP contribution >= 0.6 is 0 Å². The fraction of sp³-hybridized carbons (Fsp3) is 0.467. The van der Waals surface area contributed by atoms with Crippen molar-refractivity contribution in [3.05, 3.63) is 35.9 Å². The Labute approximate surface area is 117 Å². The van der Waals surface area contributed by atoms with Gasteiger partial charge in [-0.2, -0.15) is 0 Å². The quantitative estimate of drug-likeness (QED) is 0.774. The van der Waals surface area contributed by atoms with Crippen LogP contribution in [0.4, 0.5) is 0 Å². The lowest BCUT2D eigenvalue weighted by Gasteiger charge is -2.20. The smallest absolute Gasteiger partial charge is 0.321 e. The van der Waals surface area contributed by atoms with Gasteiger partial charge >= 0.3 is 11.9 Å². The highest BCUT2D eigenvalue weighted by atomic mass is 16.4. The van der Waals surface area contributed by atoms with Crippen molar-refractivity contribution in [2.24, 2.45) is 11.8 Å². The Morgan fingerprint density at radius 2 is 1.85 bits per heavy atom. The third-order valence-electron chi connectivity index (χ3n) is 3.86. The third-order valence-corrected chi connectivity index (χ3v) is 3.86. The second kappa shape index (κ2) is 6.52. The number of aliphatic carboxylic acids is 2. The molecule has 20 heavy (non-hydrogen) atoms. The van der Waals surface area contributed by atoms with Crippen LogP contribution in [0.5, 0.6) is 0 Å². The van der Waals surface area contributed by atoms with E-state index in [9.17, 15) is 14.7 Å². The van der Waals surface area contributed by atoms with Gasteiger partial charge in [0.05, 0.1) is 5.92 Å². The zero-order chi connectivity index (χ0) is 14.5. The number of benzene rings is 1. The lowest BCUT2D eigenvalue weighted by atomic mass is 9.85. The average molecular weight is 277 g/mol. The molecular weight excluding hydrogens is 258 g/mol. The summed E-state index contributed by atoms with van der Waals surface area (Å²) in [7, 11) is 0. The average Bonchev–Trinajstić information content (AvgIpc) is 2.62. The van der Waals surface area contributed by atoms with E-state index >= 15 is 0 Å². The predicted molar refractivity (Wildman–Crippen MR) is 73.4 cm³/mol. The number of carboxylic acids is 2. The van der Waals surface area contributed by atoms with Gasteiger partial charge in [0.2, 0.25) is 0 Å². The van der Waals surface area contributed by atoms with Gasteiger partial charge in [-0.3, -0.25) is 9.59 Å². The standard InChI is InChI=1S/C15H19NO4/c17-14(18)12-9-11(6-7-16-13(12)15(19)20)8-10-4-2-1-3-5-10/h1-5,11-13,16H,6-9H2,(H,17,18)(H,19,20). The molecule has 0 bridgehead atoms. The van der Waals surface area contributed by atoms with E-state index < -0.39 is 23.9 Å². The Kier molecular flexibility index (Phi) is 4.74. The number of carbonyl (C=O) groups is 2. The van der Waals surface area contributed by atoms with Crippen LogP contribution < -0.4 is 5.32 Å². The fourth-order valence-corrected chi connectivity index (χ4v) is 2.83. The highest BCUT2D eigenvalue weighted by Gasteiger charge is 2.37. The van der Waals surface area contributed by atoms with Crippen molar-refractivity contribution < 1.29 is 19.8 Å². The maximum absolute atomic E-state index is 11.3. The molecule has 0 aliphatic carbocycles. The topological polar surface area (TPSA) is 86.6 Å². The van der Waals surface area contributed by atoms with E-state index in [1.54, 1.807) is 0 Å². The fourth-order valence-electron chi connectivity index (χ4n) is 2.83. The van der Waals surface area contributed by atoms with E-state index in [4.69, 9.17) is 5.11 Å². The summed E-state index contributed by atoms with van der Waals surface area (Å²) in [6.07, 6.45) is 1.98. The summed E-state index contributed by atoms with van der Waals surface area (Å²) in [4.78, 5) is 22.5. The zero-order valence-corrected chi connectivity index (χ0v) is 11.2. The van der Waals surface area contributed by atoms with Crippen LogP contribution in [0, 0.1) is 11.8 Å². The SMILES string of the molecule is O=C(O)C1CC(Cc2ccccc2)CCNC1C(=O)O. The molecule has 3 unspecified atom stereocenters. The largest absolute Gasteiger partial charge is 0.481 e. The molecular formula is C15H19NO4. The molecule has 1 aliphatic rings. The van der Waals surface area contributed by atoms with Crippen molar-refractivity contribution in [3.8, 4) is 0 Å². The van der Waals surface area contributed by atoms with Gasteiger partial charge in [-0.25, -0.2) is 0 Å². The first-order chi connectivity index (χ1) is 9.58. The molecule has 108 valence electrons. The Balaban J connectivity index is 2.09. The number of hydrogen-bond donors (Lipinski definition) is 3. The van der Waals surface area contributed by atoms with Crippen molar-refractivity contribution in [1.29, 1.82) is 0 Å². The van der Waals surface area contributed by atoms with Gasteiger partial charge in [0, 0.05) is 0 Å². The minimum absolute atomic E-state index is 0.190. The van der Waals surface area contributed by atoms with Crippen LogP contribution in [0.25, 0.3) is 0 Å². The molecule has 0 spiro atoms. The van der Waals surface area contributed by atoms with Crippen molar-refractivity contribution in [2.75, 3.05) is 6.54 Å². The molecule has 0 saturated carbocycles. The van der Waals surface area contributed by atoms with Gasteiger partial charge in [-0.05, 0) is 37.3 Å². The van der Waals surface area contributed by atoms with Gasteiger partial charge in [0.1, 0.15) is 6.04 Å². The summed E-state index contributed by atoms with van der Waals surface area (Å²) in [6, 6.07) is 8.90. The third kappa shape index (κ3) is 3.57. The molecule has 0 radical (unpaired) electrons. The second-order valence-electron chi connectivity index (χ2n) is 5.29. The lowest BCUT2D eigenvalue weighted by Crippen LogP contribution is -2.44. The minimum Gasteiger partial charge on any atom is -0.481 e. The van der Waals surface area contributed by atoms with Crippen molar-refractivity contribution in [3.63, 3.8) is 0 Å². The molecule has 1 aromatic carbocycles. The molecule has 3 atom stereocenters. The van der Waals surface area contributed by atoms with E-state index in [0.29, 0.717) is 13.0 Å². The van der Waals surface area contributed by atoms with Crippen LogP contribution in [0.3, 0.4) is 0 Å². The first kappa shape index (κ1) is 14.5. The Morgan fingerprint density at radius 3 is 2.45 bits per heavy atom. The first-order valence-corrected chi connectivity index (χ1v) is 6.81. The Hall–Kier alpha value is -1.88. The van der Waals surface area contributed by atoms with Crippen molar-refractivity contribution in [2.45, 2.75) is 25.3 Å². The molecule has 5 heteroatoms. The number of hydrogen-bond acceptors (Lipinski definition) is 3. The number of rotatable bonds is 4. The van der Waals surface area contributed by atoms with Crippen molar-refractivity contribution in [1.82, 2.24) is 5.32 Å². The van der Waals surface area contributed by atoms with E-state index in [0.717, 1.165) is 18.4 Å². The van der Waals surface area contributed by atoms with E-state index in [2.05, 4.69) is 5.32 Å². The number of nitrogens with one attached hydrogen (secondary N) is 1. The van der Waals surface area contributed by atoms with Crippen LogP contribution in [-0.2, 0) is 16.0 Å². The highest BCUT2D eigenvalue weighted by molar-refractivity contribution is 5.82. The summed E-state index contributed by atoms with van der Waals surface area (Å²) in [5.41, 5.74) is 1.16. The zero-order valence-electron chi connectivity index (χ0n) is 11.2. The van der Waals surface area contributed by atoms with E-state index in [1.807, 2.05) is 30.3 Å². The molecule has 1 fully saturated rings. The second-order valence-corrected chi connectivity index (χ2v) is 5.29. The Bertz CT molecular complexity index is 474. The minimum atomic E-state index is -1.09. The normalized spacial score (nSPS) is 26.7. The van der Waals surface area contributed by atoms with Crippen LogP contribution in [0.2, 0.25) is 0 Å². The van der Waals surface area contributed by atoms with Gasteiger partial charge in [-0.15, -0.1) is 0 Å². The predicted octanol–water partition coefficient (Wildman–Crippen LogP) is 1.38. The summed E-state index contributed by atoms with van der Waals surface area (Å²) >= 11 is 0. The molecule has 3 N–H and O–H groups in total. The molecule has 1 aliphatic heterocycles. The molecule has 1 aromatic rings. The highest BCUT2D eigenvalue weighted by Crippen LogP contribution is 2.26. The van der Waals surface area contributed by atoms with Crippen LogP contribution in [0.1, 0.15) is 18.4 Å².